The molecule has 1 aromatic rings. The summed E-state index contributed by atoms with van der Waals surface area (Å²) in [5.74, 6) is 2.46. The highest BCUT2D eigenvalue weighted by Gasteiger charge is 2.35. The van der Waals surface area contributed by atoms with Crippen LogP contribution >= 0.6 is 31.9 Å². The number of non-ortho nitro benzene ring substituents is 1. The highest BCUT2D eigenvalue weighted by atomic mass is 79.9. The van der Waals surface area contributed by atoms with E-state index in [9.17, 15) is 18.5 Å². The molecule has 0 atom stereocenters. The minimum Gasteiger partial charge on any atom is -0.368 e. The van der Waals surface area contributed by atoms with Gasteiger partial charge in [0.25, 0.3) is 5.69 Å². The second-order valence-electron chi connectivity index (χ2n) is 6.65. The highest BCUT2D eigenvalue weighted by molar-refractivity contribution is 9.09. The first-order valence-electron chi connectivity index (χ1n) is 8.84. The lowest BCUT2D eigenvalue weighted by Crippen LogP contribution is -2.38. The molecular formula is C18H23Br2N3O4S. The Labute approximate surface area is 182 Å². The van der Waals surface area contributed by atoms with E-state index >= 15 is 0 Å². The molecule has 0 amide bonds. The summed E-state index contributed by atoms with van der Waals surface area (Å²) in [6.07, 6.45) is 6.61. The number of hydrogen-bond donors (Lipinski definition) is 0. The number of likely N-dealkylation sites (tertiary alicyclic amines) is 1. The normalized spacial score (nSPS) is 15.9. The fraction of sp³-hybridized carbons (Fsp3) is 0.556. The molecule has 1 aromatic carbocycles. The fourth-order valence-corrected chi connectivity index (χ4v) is 6.21. The zero-order chi connectivity index (χ0) is 20.9. The lowest BCUT2D eigenvalue weighted by Gasteiger charge is -2.31. The maximum atomic E-state index is 13.5. The van der Waals surface area contributed by atoms with Crippen molar-refractivity contribution in [2.24, 2.45) is 0 Å². The number of rotatable bonds is 8. The van der Waals surface area contributed by atoms with Crippen LogP contribution in [0.15, 0.2) is 17.0 Å². The van der Waals surface area contributed by atoms with Crippen molar-refractivity contribution in [2.75, 3.05) is 48.8 Å². The summed E-state index contributed by atoms with van der Waals surface area (Å²) < 4.78 is 27.0. The Morgan fingerprint density at radius 3 is 2.32 bits per heavy atom. The minimum atomic E-state index is -3.79. The van der Waals surface area contributed by atoms with Gasteiger partial charge in [-0.15, -0.1) is 6.42 Å². The number of nitro benzene ring substituents is 1. The molecule has 0 aliphatic carbocycles. The zero-order valence-corrected chi connectivity index (χ0v) is 19.6. The van der Waals surface area contributed by atoms with Crippen LogP contribution in [0.25, 0.3) is 0 Å². The van der Waals surface area contributed by atoms with Gasteiger partial charge in [-0.25, -0.2) is 8.42 Å². The summed E-state index contributed by atoms with van der Waals surface area (Å²) in [5, 5.41) is 12.0. The molecule has 7 nitrogen and oxygen atoms in total. The summed E-state index contributed by atoms with van der Waals surface area (Å²) in [6.45, 7) is 2.38. The molecule has 10 heteroatoms. The zero-order valence-electron chi connectivity index (χ0n) is 15.6. The molecule has 0 saturated carbocycles. The highest BCUT2D eigenvalue weighted by Crippen LogP contribution is 2.37. The number of nitro groups is 1. The van der Waals surface area contributed by atoms with Crippen LogP contribution < -0.4 is 4.90 Å². The monoisotopic (exact) mass is 535 g/mol. The van der Waals surface area contributed by atoms with Gasteiger partial charge in [-0.3, -0.25) is 10.1 Å². The van der Waals surface area contributed by atoms with E-state index in [0.29, 0.717) is 55.4 Å². The van der Waals surface area contributed by atoms with Crippen molar-refractivity contribution < 1.29 is 13.3 Å². The van der Waals surface area contributed by atoms with Crippen LogP contribution in [0.5, 0.6) is 0 Å². The topological polar surface area (TPSA) is 83.8 Å². The molecule has 0 bridgehead atoms. The van der Waals surface area contributed by atoms with Crippen molar-refractivity contribution in [1.82, 2.24) is 4.90 Å². The average Bonchev–Trinajstić information content (AvgIpc) is 2.67. The van der Waals surface area contributed by atoms with E-state index in [1.54, 1.807) is 0 Å². The van der Waals surface area contributed by atoms with Crippen molar-refractivity contribution in [3.63, 3.8) is 0 Å². The molecule has 2 rings (SSSR count). The lowest BCUT2D eigenvalue weighted by molar-refractivity contribution is -0.385. The van der Waals surface area contributed by atoms with Gasteiger partial charge < -0.3 is 9.80 Å². The van der Waals surface area contributed by atoms with E-state index < -0.39 is 20.0 Å². The molecule has 0 N–H and O–H groups in total. The quantitative estimate of drug-likeness (QED) is 0.220. The van der Waals surface area contributed by atoms with Gasteiger partial charge >= 0.3 is 0 Å². The van der Waals surface area contributed by atoms with E-state index in [1.807, 2.05) is 11.9 Å². The summed E-state index contributed by atoms with van der Waals surface area (Å²) in [4.78, 5) is 14.7. The average molecular weight is 537 g/mol. The van der Waals surface area contributed by atoms with Crippen LogP contribution in [0.2, 0.25) is 0 Å². The van der Waals surface area contributed by atoms with Crippen molar-refractivity contribution in [2.45, 2.75) is 23.0 Å². The predicted molar refractivity (Wildman–Crippen MR) is 119 cm³/mol. The number of piperidine rings is 1. The molecule has 0 unspecified atom stereocenters. The molecule has 154 valence electrons. The van der Waals surface area contributed by atoms with Gasteiger partial charge in [-0.05, 0) is 33.0 Å². The van der Waals surface area contributed by atoms with Gasteiger partial charge in [-0.1, -0.05) is 37.8 Å². The molecule has 0 radical (unpaired) electrons. The van der Waals surface area contributed by atoms with E-state index in [1.165, 1.54) is 12.1 Å². The van der Waals surface area contributed by atoms with Crippen molar-refractivity contribution in [3.05, 3.63) is 27.8 Å². The summed E-state index contributed by atoms with van der Waals surface area (Å²) in [6, 6.07) is 2.44. The van der Waals surface area contributed by atoms with E-state index in [2.05, 4.69) is 42.7 Å². The van der Waals surface area contributed by atoms with E-state index in [4.69, 9.17) is 6.42 Å². The third-order valence-electron chi connectivity index (χ3n) is 4.86. The Hall–Kier alpha value is -1.15. The third kappa shape index (κ3) is 5.06. The Kier molecular flexibility index (Phi) is 8.30. The number of anilines is 1. The lowest BCUT2D eigenvalue weighted by atomic mass is 10.1. The standard InChI is InChI=1S/C18H23Br2N3O4S/c1-3-14-12-15(23(24)25)13-17(18(14)22(10-6-19)11-7-20)28(26,27)16-4-8-21(2)9-5-16/h1,12-13,16H,4-11H2,2H3. The maximum Gasteiger partial charge on any atom is 0.272 e. The van der Waals surface area contributed by atoms with Crippen molar-refractivity contribution in [3.8, 4) is 12.3 Å². The van der Waals surface area contributed by atoms with Crippen LogP contribution in [0.3, 0.4) is 0 Å². The second kappa shape index (κ2) is 10.1. The Bertz CT molecular complexity index is 856. The Balaban J connectivity index is 2.69. The maximum absolute atomic E-state index is 13.5. The summed E-state index contributed by atoms with van der Waals surface area (Å²) in [5.41, 5.74) is 0.300. The number of alkyl halides is 2. The molecule has 0 spiro atoms. The van der Waals surface area contributed by atoms with Crippen molar-refractivity contribution >= 4 is 53.1 Å². The number of hydrogen-bond acceptors (Lipinski definition) is 6. The Morgan fingerprint density at radius 1 is 1.29 bits per heavy atom. The van der Waals surface area contributed by atoms with Crippen LogP contribution in [0.4, 0.5) is 11.4 Å². The van der Waals surface area contributed by atoms with Crippen LogP contribution in [0.1, 0.15) is 18.4 Å². The van der Waals surface area contributed by atoms with E-state index in [0.717, 1.165) is 0 Å². The first-order chi connectivity index (χ1) is 13.3. The van der Waals surface area contributed by atoms with Crippen molar-refractivity contribution in [1.29, 1.82) is 0 Å². The van der Waals surface area contributed by atoms with Crippen LogP contribution in [-0.2, 0) is 9.84 Å². The second-order valence-corrected chi connectivity index (χ2v) is 10.4. The molecular weight excluding hydrogens is 514 g/mol. The molecule has 1 saturated heterocycles. The number of benzene rings is 1. The SMILES string of the molecule is C#Cc1cc([N+](=O)[O-])cc(S(=O)(=O)C2CCN(C)CC2)c1N(CCBr)CCBr. The molecule has 1 fully saturated rings. The predicted octanol–water partition coefficient (Wildman–Crippen LogP) is 3.04. The minimum absolute atomic E-state index is 0.0360. The van der Waals surface area contributed by atoms with Gasteiger partial charge in [-0.2, -0.15) is 0 Å². The van der Waals surface area contributed by atoms with Gasteiger partial charge in [0.15, 0.2) is 9.84 Å². The number of halogens is 2. The molecule has 1 aliphatic heterocycles. The Morgan fingerprint density at radius 2 is 1.86 bits per heavy atom. The number of nitrogens with zero attached hydrogens (tertiary/aromatic N) is 3. The number of sulfone groups is 1. The van der Waals surface area contributed by atoms with Crippen LogP contribution in [0, 0.1) is 22.5 Å². The van der Waals surface area contributed by atoms with Gasteiger partial charge in [0.05, 0.1) is 26.3 Å². The van der Waals surface area contributed by atoms with E-state index in [-0.39, 0.29) is 16.1 Å². The fourth-order valence-electron chi connectivity index (χ4n) is 3.37. The molecule has 28 heavy (non-hydrogen) atoms. The largest absolute Gasteiger partial charge is 0.368 e. The molecule has 1 heterocycles. The third-order valence-corrected chi connectivity index (χ3v) is 7.84. The first kappa shape index (κ1) is 23.1. The van der Waals surface area contributed by atoms with Crippen LogP contribution in [-0.4, -0.2) is 67.4 Å². The summed E-state index contributed by atoms with van der Waals surface area (Å²) in [7, 11) is -1.84. The van der Waals surface area contributed by atoms with Gasteiger partial charge in [0.2, 0.25) is 0 Å². The first-order valence-corrected chi connectivity index (χ1v) is 12.6. The number of terminal acetylenes is 1. The molecule has 0 aromatic heterocycles. The van der Waals surface area contributed by atoms with Gasteiger partial charge in [0.1, 0.15) is 0 Å². The summed E-state index contributed by atoms with van der Waals surface area (Å²) >= 11 is 6.78. The smallest absolute Gasteiger partial charge is 0.272 e. The van der Waals surface area contributed by atoms with Gasteiger partial charge in [0, 0.05) is 35.9 Å². The molecule has 1 aliphatic rings.